The predicted molar refractivity (Wildman–Crippen MR) is 132 cm³/mol. The van der Waals surface area contributed by atoms with E-state index >= 15 is 0 Å². The van der Waals surface area contributed by atoms with Crippen molar-refractivity contribution in [1.29, 1.82) is 0 Å². The van der Waals surface area contributed by atoms with Crippen LogP contribution < -0.4 is 0 Å². The van der Waals surface area contributed by atoms with Crippen LogP contribution in [0.25, 0.3) is 55.7 Å². The number of imidazole rings is 1. The number of nitrogens with zero attached hydrogens (tertiary/aromatic N) is 5. The van der Waals surface area contributed by atoms with Crippen LogP contribution >= 0.6 is 0 Å². The highest BCUT2D eigenvalue weighted by molar-refractivity contribution is 5.96. The number of H-pyrrole nitrogens is 1. The summed E-state index contributed by atoms with van der Waals surface area (Å²) in [4.78, 5) is 17.0. The summed E-state index contributed by atoms with van der Waals surface area (Å²) in [6.07, 6.45) is 8.45. The highest BCUT2D eigenvalue weighted by Crippen LogP contribution is 2.35. The molecule has 2 aromatic carbocycles. The molecule has 33 heavy (non-hydrogen) atoms. The molecule has 1 N–H and O–H groups in total. The van der Waals surface area contributed by atoms with E-state index in [0.717, 1.165) is 62.1 Å². The van der Waals surface area contributed by atoms with Gasteiger partial charge in [0.25, 0.3) is 0 Å². The van der Waals surface area contributed by atoms with Crippen molar-refractivity contribution in [2.45, 2.75) is 13.3 Å². The van der Waals surface area contributed by atoms with Gasteiger partial charge < -0.3 is 4.98 Å². The van der Waals surface area contributed by atoms with E-state index in [1.807, 2.05) is 72.9 Å². The SMILES string of the molecule is CCc1c(-c2ccncc2)cncc1-c1ccc2c(c1)c(-c1nc3ccccc3[nH]1)nn2C. The Balaban J connectivity index is 1.54. The first-order chi connectivity index (χ1) is 16.2. The minimum atomic E-state index is 0.776. The summed E-state index contributed by atoms with van der Waals surface area (Å²) in [5, 5.41) is 5.86. The number of para-hydroxylation sites is 2. The lowest BCUT2D eigenvalue weighted by Gasteiger charge is -2.13. The van der Waals surface area contributed by atoms with Crippen LogP contribution in [0, 0.1) is 0 Å². The van der Waals surface area contributed by atoms with Gasteiger partial charge in [0.2, 0.25) is 0 Å². The maximum atomic E-state index is 4.80. The summed E-state index contributed by atoms with van der Waals surface area (Å²) in [5.74, 6) is 0.776. The first kappa shape index (κ1) is 19.4. The van der Waals surface area contributed by atoms with E-state index in [2.05, 4.69) is 40.1 Å². The fourth-order valence-corrected chi connectivity index (χ4v) is 4.57. The Morgan fingerprint density at radius 2 is 1.67 bits per heavy atom. The van der Waals surface area contributed by atoms with E-state index in [1.165, 1.54) is 5.56 Å². The average molecular weight is 431 g/mol. The minimum absolute atomic E-state index is 0.776. The van der Waals surface area contributed by atoms with Crippen LogP contribution in [0.3, 0.4) is 0 Å². The Labute approximate surface area is 191 Å². The molecule has 0 aliphatic carbocycles. The molecule has 6 aromatic rings. The number of aromatic amines is 1. The Bertz CT molecular complexity index is 1580. The molecule has 6 rings (SSSR count). The average Bonchev–Trinajstić information content (AvgIpc) is 3.44. The van der Waals surface area contributed by atoms with E-state index < -0.39 is 0 Å². The number of aryl methyl sites for hydroxylation is 1. The summed E-state index contributed by atoms with van der Waals surface area (Å²) in [6.45, 7) is 2.19. The lowest BCUT2D eigenvalue weighted by atomic mass is 9.92. The molecule has 0 spiro atoms. The van der Waals surface area contributed by atoms with Crippen LogP contribution in [0.4, 0.5) is 0 Å². The van der Waals surface area contributed by atoms with Gasteiger partial charge in [0.1, 0.15) is 5.69 Å². The smallest absolute Gasteiger partial charge is 0.159 e. The number of aromatic nitrogens is 6. The molecule has 0 saturated carbocycles. The Morgan fingerprint density at radius 3 is 2.45 bits per heavy atom. The van der Waals surface area contributed by atoms with Gasteiger partial charge in [-0.1, -0.05) is 25.1 Å². The number of fused-ring (bicyclic) bond motifs is 2. The zero-order chi connectivity index (χ0) is 22.4. The van der Waals surface area contributed by atoms with Crippen molar-refractivity contribution in [3.8, 4) is 33.8 Å². The van der Waals surface area contributed by atoms with E-state index in [1.54, 1.807) is 0 Å². The van der Waals surface area contributed by atoms with E-state index in [4.69, 9.17) is 10.1 Å². The molecular formula is C27H22N6. The van der Waals surface area contributed by atoms with Crippen molar-refractivity contribution in [1.82, 2.24) is 29.7 Å². The summed E-state index contributed by atoms with van der Waals surface area (Å²) in [7, 11) is 1.97. The molecular weight excluding hydrogens is 408 g/mol. The van der Waals surface area contributed by atoms with Crippen LogP contribution in [0.2, 0.25) is 0 Å². The van der Waals surface area contributed by atoms with Gasteiger partial charge in [-0.2, -0.15) is 5.10 Å². The summed E-state index contributed by atoms with van der Waals surface area (Å²) in [5.41, 5.74) is 9.64. The second-order valence-corrected chi connectivity index (χ2v) is 8.11. The number of nitrogens with one attached hydrogen (secondary N) is 1. The lowest BCUT2D eigenvalue weighted by molar-refractivity contribution is 0.798. The molecule has 0 atom stereocenters. The highest BCUT2D eigenvalue weighted by atomic mass is 15.3. The molecule has 0 bridgehead atoms. The summed E-state index contributed by atoms with van der Waals surface area (Å²) in [6, 6.07) is 18.6. The third-order valence-corrected chi connectivity index (χ3v) is 6.18. The van der Waals surface area contributed by atoms with Crippen molar-refractivity contribution < 1.29 is 0 Å². The Hall–Kier alpha value is -4.32. The van der Waals surface area contributed by atoms with Crippen molar-refractivity contribution in [2.75, 3.05) is 0 Å². The monoisotopic (exact) mass is 430 g/mol. The number of rotatable bonds is 4. The maximum Gasteiger partial charge on any atom is 0.159 e. The van der Waals surface area contributed by atoms with Gasteiger partial charge in [-0.3, -0.25) is 14.6 Å². The lowest BCUT2D eigenvalue weighted by Crippen LogP contribution is -1.95. The molecule has 6 nitrogen and oxygen atoms in total. The van der Waals surface area contributed by atoms with Gasteiger partial charge in [0.15, 0.2) is 5.82 Å². The van der Waals surface area contributed by atoms with Gasteiger partial charge in [-0.15, -0.1) is 0 Å². The van der Waals surface area contributed by atoms with Gasteiger partial charge >= 0.3 is 0 Å². The molecule has 0 aliphatic heterocycles. The summed E-state index contributed by atoms with van der Waals surface area (Å²) >= 11 is 0. The van der Waals surface area contributed by atoms with Crippen molar-refractivity contribution in [3.63, 3.8) is 0 Å². The van der Waals surface area contributed by atoms with E-state index in [0.29, 0.717) is 0 Å². The van der Waals surface area contributed by atoms with E-state index in [-0.39, 0.29) is 0 Å². The molecule has 4 heterocycles. The number of hydrogen-bond acceptors (Lipinski definition) is 4. The van der Waals surface area contributed by atoms with Crippen LogP contribution in [0.5, 0.6) is 0 Å². The van der Waals surface area contributed by atoms with Crippen LogP contribution in [0.1, 0.15) is 12.5 Å². The predicted octanol–water partition coefficient (Wildman–Crippen LogP) is 5.80. The quantitative estimate of drug-likeness (QED) is 0.383. The number of hydrogen-bond donors (Lipinski definition) is 1. The third kappa shape index (κ3) is 3.19. The summed E-state index contributed by atoms with van der Waals surface area (Å²) < 4.78 is 1.91. The van der Waals surface area contributed by atoms with Crippen molar-refractivity contribution in [3.05, 3.63) is 84.9 Å². The molecule has 6 heteroatoms. The largest absolute Gasteiger partial charge is 0.337 e. The van der Waals surface area contributed by atoms with Gasteiger partial charge in [-0.25, -0.2) is 4.98 Å². The first-order valence-corrected chi connectivity index (χ1v) is 11.0. The molecule has 0 fully saturated rings. The molecule has 0 saturated heterocycles. The van der Waals surface area contributed by atoms with Crippen molar-refractivity contribution in [2.24, 2.45) is 7.05 Å². The van der Waals surface area contributed by atoms with Gasteiger partial charge in [0, 0.05) is 48.3 Å². The standard InChI is InChI=1S/C27H22N6/c1-3-19-21(17-10-12-28-13-11-17)15-29-16-22(19)18-8-9-25-20(14-18)26(32-33(25)2)27-30-23-6-4-5-7-24(23)31-27/h4-16H,3H2,1-2H3,(H,30,31). The van der Waals surface area contributed by atoms with Gasteiger partial charge in [-0.05, 0) is 59.5 Å². The minimum Gasteiger partial charge on any atom is -0.337 e. The normalized spacial score (nSPS) is 11.5. The van der Waals surface area contributed by atoms with Crippen LogP contribution in [-0.4, -0.2) is 29.7 Å². The highest BCUT2D eigenvalue weighted by Gasteiger charge is 2.17. The molecule has 0 aliphatic rings. The third-order valence-electron chi connectivity index (χ3n) is 6.18. The Kier molecular flexibility index (Phi) is 4.50. The fraction of sp³-hybridized carbons (Fsp3) is 0.111. The number of benzene rings is 2. The molecule has 4 aromatic heterocycles. The first-order valence-electron chi connectivity index (χ1n) is 11.0. The van der Waals surface area contributed by atoms with Crippen molar-refractivity contribution >= 4 is 21.9 Å². The van der Waals surface area contributed by atoms with Gasteiger partial charge in [0.05, 0.1) is 16.6 Å². The van der Waals surface area contributed by atoms with Crippen LogP contribution in [-0.2, 0) is 13.5 Å². The van der Waals surface area contributed by atoms with Crippen LogP contribution in [0.15, 0.2) is 79.4 Å². The number of pyridine rings is 2. The molecule has 160 valence electrons. The topological polar surface area (TPSA) is 72.3 Å². The molecule has 0 radical (unpaired) electrons. The maximum absolute atomic E-state index is 4.80. The van der Waals surface area contributed by atoms with E-state index in [9.17, 15) is 0 Å². The molecule has 0 unspecified atom stereocenters. The zero-order valence-electron chi connectivity index (χ0n) is 18.4. The fourth-order valence-electron chi connectivity index (χ4n) is 4.57. The second-order valence-electron chi connectivity index (χ2n) is 8.11. The zero-order valence-corrected chi connectivity index (χ0v) is 18.4. The Morgan fingerprint density at radius 1 is 0.879 bits per heavy atom. The molecule has 0 amide bonds. The second kappa shape index (κ2) is 7.67.